The van der Waals surface area contributed by atoms with E-state index < -0.39 is 0 Å². The molecule has 0 N–H and O–H groups in total. The Balaban J connectivity index is 1.64. The monoisotopic (exact) mass is 403 g/mol. The van der Waals surface area contributed by atoms with Gasteiger partial charge in [0, 0.05) is 17.8 Å². The fraction of sp³-hybridized carbons (Fsp3) is 0.240. The lowest BCUT2D eigenvalue weighted by Crippen LogP contribution is -2.35. The van der Waals surface area contributed by atoms with E-state index in [4.69, 9.17) is 14.2 Å². The smallest absolute Gasteiger partial charge is 0.258 e. The molecule has 0 saturated carbocycles. The summed E-state index contributed by atoms with van der Waals surface area (Å²) in [5.41, 5.74) is 3.70. The van der Waals surface area contributed by atoms with Crippen LogP contribution in [0.3, 0.4) is 0 Å². The number of hydrogen-bond donors (Lipinski definition) is 0. The third kappa shape index (κ3) is 3.96. The zero-order chi connectivity index (χ0) is 20.9. The molecule has 0 radical (unpaired) electrons. The van der Waals surface area contributed by atoms with Crippen LogP contribution in [0.2, 0.25) is 0 Å². The lowest BCUT2D eigenvalue weighted by Gasteiger charge is -2.29. The van der Waals surface area contributed by atoms with Crippen molar-refractivity contribution in [2.24, 2.45) is 0 Å². The van der Waals surface area contributed by atoms with Gasteiger partial charge in [0.25, 0.3) is 5.91 Å². The summed E-state index contributed by atoms with van der Waals surface area (Å²) in [4.78, 5) is 15.2. The number of nitrogens with zero attached hydrogens (tertiary/aromatic N) is 1. The Morgan fingerprint density at radius 3 is 2.30 bits per heavy atom. The maximum Gasteiger partial charge on any atom is 0.258 e. The van der Waals surface area contributed by atoms with Gasteiger partial charge in [-0.3, -0.25) is 4.79 Å². The van der Waals surface area contributed by atoms with Crippen molar-refractivity contribution in [3.63, 3.8) is 0 Å². The molecule has 0 atom stereocenters. The second-order valence-corrected chi connectivity index (χ2v) is 7.17. The van der Waals surface area contributed by atoms with E-state index in [-0.39, 0.29) is 5.91 Å². The highest BCUT2D eigenvalue weighted by atomic mass is 16.5. The molecular formula is C25H25NO4. The van der Waals surface area contributed by atoms with Crippen molar-refractivity contribution in [3.8, 4) is 17.2 Å². The molecule has 3 aromatic carbocycles. The van der Waals surface area contributed by atoms with Gasteiger partial charge in [-0.05, 0) is 42.2 Å². The molecule has 154 valence electrons. The fourth-order valence-corrected chi connectivity index (χ4v) is 3.78. The van der Waals surface area contributed by atoms with Crippen LogP contribution < -0.4 is 19.1 Å². The minimum atomic E-state index is -0.0756. The van der Waals surface area contributed by atoms with E-state index in [1.807, 2.05) is 53.4 Å². The van der Waals surface area contributed by atoms with Crippen LogP contribution in [-0.2, 0) is 13.0 Å². The van der Waals surface area contributed by atoms with Crippen LogP contribution in [0.15, 0.2) is 66.7 Å². The summed E-state index contributed by atoms with van der Waals surface area (Å²) in [5, 5.41) is 0. The van der Waals surface area contributed by atoms with Gasteiger partial charge >= 0.3 is 0 Å². The van der Waals surface area contributed by atoms with E-state index in [0.717, 1.165) is 24.1 Å². The minimum Gasteiger partial charge on any atom is -0.493 e. The van der Waals surface area contributed by atoms with Crippen LogP contribution in [0.5, 0.6) is 17.2 Å². The molecule has 1 aliphatic heterocycles. The third-order valence-electron chi connectivity index (χ3n) is 5.29. The Morgan fingerprint density at radius 1 is 0.933 bits per heavy atom. The molecule has 5 heteroatoms. The number of anilines is 1. The Labute approximate surface area is 176 Å². The van der Waals surface area contributed by atoms with E-state index in [1.54, 1.807) is 26.4 Å². The molecule has 0 aromatic heterocycles. The van der Waals surface area contributed by atoms with E-state index in [9.17, 15) is 4.79 Å². The number of amides is 1. The number of hydrogen-bond acceptors (Lipinski definition) is 4. The lowest BCUT2D eigenvalue weighted by molar-refractivity contribution is 0.0984. The SMILES string of the molecule is COc1cc(C(=O)N2CCCc3ccccc32)cc(OC)c1OCc1ccccc1. The minimum absolute atomic E-state index is 0.0756. The van der Waals surface area contributed by atoms with Crippen LogP contribution >= 0.6 is 0 Å². The average molecular weight is 403 g/mol. The van der Waals surface area contributed by atoms with Crippen molar-refractivity contribution in [2.45, 2.75) is 19.4 Å². The molecule has 0 fully saturated rings. The first-order valence-corrected chi connectivity index (χ1v) is 10.0. The first-order chi connectivity index (χ1) is 14.7. The van der Waals surface area contributed by atoms with E-state index >= 15 is 0 Å². The Bertz CT molecular complexity index is 1010. The summed E-state index contributed by atoms with van der Waals surface area (Å²) in [6.07, 6.45) is 1.92. The molecule has 1 heterocycles. The van der Waals surface area contributed by atoms with Gasteiger partial charge in [-0.25, -0.2) is 0 Å². The van der Waals surface area contributed by atoms with Crippen molar-refractivity contribution in [1.82, 2.24) is 0 Å². The van der Waals surface area contributed by atoms with Gasteiger partial charge < -0.3 is 19.1 Å². The molecule has 0 saturated heterocycles. The molecule has 30 heavy (non-hydrogen) atoms. The van der Waals surface area contributed by atoms with Gasteiger partial charge in [0.15, 0.2) is 11.5 Å². The zero-order valence-electron chi connectivity index (χ0n) is 17.3. The summed E-state index contributed by atoms with van der Waals surface area (Å²) in [5.74, 6) is 1.35. The Morgan fingerprint density at radius 2 is 1.60 bits per heavy atom. The van der Waals surface area contributed by atoms with Crippen molar-refractivity contribution >= 4 is 11.6 Å². The molecule has 0 aliphatic carbocycles. The molecule has 1 amide bonds. The molecule has 0 bridgehead atoms. The summed E-state index contributed by atoms with van der Waals surface area (Å²) in [6.45, 7) is 1.06. The molecular weight excluding hydrogens is 378 g/mol. The predicted octanol–water partition coefficient (Wildman–Crippen LogP) is 4.88. The molecule has 3 aromatic rings. The number of carbonyl (C=O) groups is 1. The number of fused-ring (bicyclic) bond motifs is 1. The number of benzene rings is 3. The van der Waals surface area contributed by atoms with Gasteiger partial charge in [-0.2, -0.15) is 0 Å². The summed E-state index contributed by atoms with van der Waals surface area (Å²) in [7, 11) is 3.13. The zero-order valence-corrected chi connectivity index (χ0v) is 17.3. The fourth-order valence-electron chi connectivity index (χ4n) is 3.78. The van der Waals surface area contributed by atoms with Crippen LogP contribution in [0.1, 0.15) is 27.9 Å². The quantitative estimate of drug-likeness (QED) is 0.589. The average Bonchev–Trinajstić information content (AvgIpc) is 2.82. The van der Waals surface area contributed by atoms with E-state index in [2.05, 4.69) is 6.07 Å². The molecule has 1 aliphatic rings. The first-order valence-electron chi connectivity index (χ1n) is 10.0. The molecule has 5 nitrogen and oxygen atoms in total. The number of rotatable bonds is 6. The highest BCUT2D eigenvalue weighted by Crippen LogP contribution is 2.40. The van der Waals surface area contributed by atoms with Crippen LogP contribution in [0, 0.1) is 0 Å². The van der Waals surface area contributed by atoms with Crippen LogP contribution in [0.25, 0.3) is 0 Å². The maximum absolute atomic E-state index is 13.4. The number of methoxy groups -OCH3 is 2. The van der Waals surface area contributed by atoms with Crippen LogP contribution in [0.4, 0.5) is 5.69 Å². The summed E-state index contributed by atoms with van der Waals surface area (Å²) in [6, 6.07) is 21.4. The number of ether oxygens (including phenoxy) is 3. The molecule has 0 unspecified atom stereocenters. The Kier molecular flexibility index (Phi) is 5.89. The van der Waals surface area contributed by atoms with Crippen molar-refractivity contribution in [1.29, 1.82) is 0 Å². The van der Waals surface area contributed by atoms with E-state index in [1.165, 1.54) is 5.56 Å². The lowest BCUT2D eigenvalue weighted by atomic mass is 10.0. The number of aryl methyl sites for hydroxylation is 1. The normalized spacial score (nSPS) is 12.8. The van der Waals surface area contributed by atoms with Gasteiger partial charge in [0.1, 0.15) is 6.61 Å². The summed E-state index contributed by atoms with van der Waals surface area (Å²) < 4.78 is 17.1. The van der Waals surface area contributed by atoms with Crippen molar-refractivity contribution in [2.75, 3.05) is 25.7 Å². The number of para-hydroxylation sites is 1. The van der Waals surface area contributed by atoms with Gasteiger partial charge in [-0.1, -0.05) is 48.5 Å². The Hall–Kier alpha value is -3.47. The summed E-state index contributed by atoms with van der Waals surface area (Å²) >= 11 is 0. The molecule has 0 spiro atoms. The standard InChI is InChI=1S/C25H25NO4/c1-28-22-15-20(25(27)26-14-8-12-19-11-6-7-13-21(19)26)16-23(29-2)24(22)30-17-18-9-4-3-5-10-18/h3-7,9-11,13,15-16H,8,12,14,17H2,1-2H3. The van der Waals surface area contributed by atoms with Gasteiger partial charge in [0.05, 0.1) is 14.2 Å². The maximum atomic E-state index is 13.4. The number of carbonyl (C=O) groups excluding carboxylic acids is 1. The van der Waals surface area contributed by atoms with Crippen molar-refractivity contribution < 1.29 is 19.0 Å². The second-order valence-electron chi connectivity index (χ2n) is 7.17. The van der Waals surface area contributed by atoms with Crippen LogP contribution in [-0.4, -0.2) is 26.7 Å². The van der Waals surface area contributed by atoms with E-state index in [0.29, 0.717) is 36.0 Å². The van der Waals surface area contributed by atoms with Gasteiger partial charge in [0.2, 0.25) is 5.75 Å². The van der Waals surface area contributed by atoms with Crippen molar-refractivity contribution in [3.05, 3.63) is 83.4 Å². The first kappa shape index (κ1) is 19.8. The molecule has 4 rings (SSSR count). The highest BCUT2D eigenvalue weighted by Gasteiger charge is 2.26. The largest absolute Gasteiger partial charge is 0.493 e. The predicted molar refractivity (Wildman–Crippen MR) is 117 cm³/mol. The van der Waals surface area contributed by atoms with Gasteiger partial charge in [-0.15, -0.1) is 0 Å². The topological polar surface area (TPSA) is 48.0 Å². The second kappa shape index (κ2) is 8.91. The third-order valence-corrected chi connectivity index (χ3v) is 5.29. The highest BCUT2D eigenvalue weighted by molar-refractivity contribution is 6.07.